The number of aryl methyl sites for hydroxylation is 1. The maximum atomic E-state index is 11.4. The summed E-state index contributed by atoms with van der Waals surface area (Å²) in [6.07, 6.45) is 2.76. The quantitative estimate of drug-likeness (QED) is 0.349. The minimum absolute atomic E-state index is 0.130. The molecule has 0 saturated carbocycles. The van der Waals surface area contributed by atoms with Crippen molar-refractivity contribution in [2.24, 2.45) is 5.92 Å². The largest absolute Gasteiger partial charge is 0.468 e. The number of benzene rings is 1. The van der Waals surface area contributed by atoms with Crippen LogP contribution in [0, 0.1) is 17.8 Å². The Morgan fingerprint density at radius 2 is 1.67 bits per heavy atom. The summed E-state index contributed by atoms with van der Waals surface area (Å²) >= 11 is 0. The molecule has 0 atom stereocenters. The van der Waals surface area contributed by atoms with Gasteiger partial charge in [-0.05, 0) is 18.4 Å². The third-order valence-electron chi connectivity index (χ3n) is 3.01. The first kappa shape index (κ1) is 16.8. The summed E-state index contributed by atoms with van der Waals surface area (Å²) in [4.78, 5) is 22.9. The van der Waals surface area contributed by atoms with Gasteiger partial charge in [0.25, 0.3) is 0 Å². The van der Waals surface area contributed by atoms with Crippen LogP contribution in [-0.2, 0) is 25.5 Å². The Kier molecular flexibility index (Phi) is 7.67. The van der Waals surface area contributed by atoms with Gasteiger partial charge in [0.2, 0.25) is 0 Å². The summed E-state index contributed by atoms with van der Waals surface area (Å²) in [7, 11) is 2.48. The zero-order chi connectivity index (χ0) is 15.5. The summed E-state index contributed by atoms with van der Waals surface area (Å²) < 4.78 is 9.13. The van der Waals surface area contributed by atoms with E-state index in [4.69, 9.17) is 0 Å². The van der Waals surface area contributed by atoms with Gasteiger partial charge in [0.15, 0.2) is 5.92 Å². The van der Waals surface area contributed by atoms with Gasteiger partial charge in [0.05, 0.1) is 14.2 Å². The Morgan fingerprint density at radius 1 is 1.05 bits per heavy atom. The highest BCUT2D eigenvalue weighted by Gasteiger charge is 2.27. The molecule has 0 saturated heterocycles. The molecule has 0 bridgehead atoms. The molecule has 0 unspecified atom stereocenters. The number of esters is 2. The lowest BCUT2D eigenvalue weighted by atomic mass is 10.1. The number of carbonyl (C=O) groups is 2. The fraction of sp³-hybridized carbons (Fsp3) is 0.412. The molecule has 0 amide bonds. The van der Waals surface area contributed by atoms with E-state index >= 15 is 0 Å². The molecule has 1 aromatic carbocycles. The molecule has 112 valence electrons. The minimum atomic E-state index is -0.957. The monoisotopic (exact) mass is 288 g/mol. The van der Waals surface area contributed by atoms with Gasteiger partial charge in [0, 0.05) is 12.8 Å². The average molecular weight is 288 g/mol. The van der Waals surface area contributed by atoms with Crippen molar-refractivity contribution in [2.45, 2.75) is 25.7 Å². The molecule has 0 radical (unpaired) electrons. The molecule has 4 nitrogen and oxygen atoms in total. The van der Waals surface area contributed by atoms with E-state index in [1.807, 2.05) is 18.2 Å². The van der Waals surface area contributed by atoms with Gasteiger partial charge in [-0.2, -0.15) is 0 Å². The number of rotatable bonds is 6. The van der Waals surface area contributed by atoms with E-state index in [0.717, 1.165) is 19.3 Å². The van der Waals surface area contributed by atoms with Gasteiger partial charge >= 0.3 is 11.9 Å². The number of carbonyl (C=O) groups excluding carboxylic acids is 2. The van der Waals surface area contributed by atoms with Gasteiger partial charge in [-0.1, -0.05) is 30.3 Å². The number of hydrogen-bond donors (Lipinski definition) is 0. The van der Waals surface area contributed by atoms with Crippen LogP contribution in [0.1, 0.15) is 24.8 Å². The molecule has 0 aromatic heterocycles. The Hall–Kier alpha value is -2.28. The van der Waals surface area contributed by atoms with Gasteiger partial charge in [-0.25, -0.2) is 0 Å². The molecule has 4 heteroatoms. The van der Waals surface area contributed by atoms with Crippen molar-refractivity contribution in [2.75, 3.05) is 14.2 Å². The smallest absolute Gasteiger partial charge is 0.321 e. The van der Waals surface area contributed by atoms with E-state index in [1.165, 1.54) is 19.8 Å². The van der Waals surface area contributed by atoms with Crippen molar-refractivity contribution in [3.63, 3.8) is 0 Å². The number of methoxy groups -OCH3 is 2. The average Bonchev–Trinajstić information content (AvgIpc) is 2.53. The highest BCUT2D eigenvalue weighted by molar-refractivity contribution is 5.95. The normalized spacial score (nSPS) is 9.67. The zero-order valence-electron chi connectivity index (χ0n) is 12.4. The zero-order valence-corrected chi connectivity index (χ0v) is 12.4. The van der Waals surface area contributed by atoms with Crippen LogP contribution in [0.25, 0.3) is 0 Å². The van der Waals surface area contributed by atoms with Crippen LogP contribution in [0.5, 0.6) is 0 Å². The van der Waals surface area contributed by atoms with Gasteiger partial charge in [-0.15, -0.1) is 11.8 Å². The molecule has 0 aliphatic rings. The van der Waals surface area contributed by atoms with Crippen LogP contribution in [0.15, 0.2) is 30.3 Å². The molecular weight excluding hydrogens is 268 g/mol. The molecule has 1 aromatic rings. The highest BCUT2D eigenvalue weighted by Crippen LogP contribution is 2.08. The second-order valence-electron chi connectivity index (χ2n) is 4.50. The maximum Gasteiger partial charge on any atom is 0.321 e. The third kappa shape index (κ3) is 6.13. The topological polar surface area (TPSA) is 52.6 Å². The van der Waals surface area contributed by atoms with Crippen LogP contribution < -0.4 is 0 Å². The first-order valence-electron chi connectivity index (χ1n) is 6.84. The third-order valence-corrected chi connectivity index (χ3v) is 3.01. The lowest BCUT2D eigenvalue weighted by Gasteiger charge is -2.08. The van der Waals surface area contributed by atoms with Crippen molar-refractivity contribution >= 4 is 11.9 Å². The fourth-order valence-electron chi connectivity index (χ4n) is 1.84. The van der Waals surface area contributed by atoms with Crippen LogP contribution in [-0.4, -0.2) is 26.2 Å². The lowest BCUT2D eigenvalue weighted by molar-refractivity contribution is -0.158. The van der Waals surface area contributed by atoms with Gasteiger partial charge in [-0.3, -0.25) is 9.59 Å². The molecule has 0 N–H and O–H groups in total. The number of hydrogen-bond acceptors (Lipinski definition) is 4. The Labute approximate surface area is 125 Å². The van der Waals surface area contributed by atoms with E-state index in [9.17, 15) is 9.59 Å². The van der Waals surface area contributed by atoms with Crippen LogP contribution in [0.4, 0.5) is 0 Å². The Balaban J connectivity index is 2.36. The van der Waals surface area contributed by atoms with Crippen molar-refractivity contribution in [3.8, 4) is 11.8 Å². The lowest BCUT2D eigenvalue weighted by Crippen LogP contribution is -2.26. The molecule has 0 aliphatic carbocycles. The van der Waals surface area contributed by atoms with E-state index in [0.29, 0.717) is 0 Å². The summed E-state index contributed by atoms with van der Waals surface area (Å²) in [5.41, 5.74) is 1.28. The molecule has 0 spiro atoms. The second-order valence-corrected chi connectivity index (χ2v) is 4.50. The van der Waals surface area contributed by atoms with Crippen molar-refractivity contribution in [1.82, 2.24) is 0 Å². The van der Waals surface area contributed by atoms with E-state index in [2.05, 4.69) is 33.4 Å². The maximum absolute atomic E-state index is 11.4. The summed E-state index contributed by atoms with van der Waals surface area (Å²) in [6, 6.07) is 10.2. The van der Waals surface area contributed by atoms with Gasteiger partial charge in [0.1, 0.15) is 0 Å². The van der Waals surface area contributed by atoms with Crippen LogP contribution in [0.2, 0.25) is 0 Å². The molecule has 0 aliphatic heterocycles. The number of ether oxygens (including phenoxy) is 2. The second kappa shape index (κ2) is 9.60. The van der Waals surface area contributed by atoms with Crippen LogP contribution in [0.3, 0.4) is 0 Å². The predicted molar refractivity (Wildman–Crippen MR) is 79.3 cm³/mol. The minimum Gasteiger partial charge on any atom is -0.468 e. The molecular formula is C17H20O4. The molecule has 0 fully saturated rings. The van der Waals surface area contributed by atoms with Crippen molar-refractivity contribution < 1.29 is 19.1 Å². The van der Waals surface area contributed by atoms with Crippen molar-refractivity contribution in [3.05, 3.63) is 35.9 Å². The van der Waals surface area contributed by atoms with E-state index in [-0.39, 0.29) is 6.42 Å². The van der Waals surface area contributed by atoms with E-state index < -0.39 is 17.9 Å². The Bertz CT molecular complexity index is 495. The SMILES string of the molecule is COC(=O)C(CC#CCCCc1ccccc1)C(=O)OC. The predicted octanol–water partition coefficient (Wildman–Crippen LogP) is 2.37. The first-order chi connectivity index (χ1) is 10.2. The van der Waals surface area contributed by atoms with Gasteiger partial charge < -0.3 is 9.47 Å². The molecule has 0 heterocycles. The number of unbranched alkanes of at least 4 members (excludes halogenated alkanes) is 1. The van der Waals surface area contributed by atoms with Crippen molar-refractivity contribution in [1.29, 1.82) is 0 Å². The Morgan fingerprint density at radius 3 is 2.24 bits per heavy atom. The summed E-state index contributed by atoms with van der Waals surface area (Å²) in [5.74, 6) is 3.65. The van der Waals surface area contributed by atoms with E-state index in [1.54, 1.807) is 0 Å². The summed E-state index contributed by atoms with van der Waals surface area (Å²) in [6.45, 7) is 0. The summed E-state index contributed by atoms with van der Waals surface area (Å²) in [5, 5.41) is 0. The highest BCUT2D eigenvalue weighted by atomic mass is 16.5. The van der Waals surface area contributed by atoms with Crippen LogP contribution >= 0.6 is 0 Å². The molecule has 21 heavy (non-hydrogen) atoms. The fourth-order valence-corrected chi connectivity index (χ4v) is 1.84. The standard InChI is InChI=1S/C17H20O4/c1-20-16(18)15(17(19)21-2)13-9-4-3-6-10-14-11-7-5-8-12-14/h5,7-8,11-12,15H,3,6,10,13H2,1-2H3. The first-order valence-corrected chi connectivity index (χ1v) is 6.84. The molecule has 1 rings (SSSR count).